The van der Waals surface area contributed by atoms with E-state index < -0.39 is 0 Å². The third-order valence-corrected chi connectivity index (χ3v) is 4.75. The fourth-order valence-corrected chi connectivity index (χ4v) is 3.07. The lowest BCUT2D eigenvalue weighted by atomic mass is 9.83. The third kappa shape index (κ3) is 4.89. The minimum atomic E-state index is 0.693. The molecule has 0 spiro atoms. The van der Waals surface area contributed by atoms with E-state index in [1.165, 1.54) is 45.2 Å². The van der Waals surface area contributed by atoms with Crippen molar-refractivity contribution in [1.82, 2.24) is 10.2 Å². The van der Waals surface area contributed by atoms with Gasteiger partial charge in [-0.1, -0.05) is 33.6 Å². The summed E-state index contributed by atoms with van der Waals surface area (Å²) >= 11 is 0. The van der Waals surface area contributed by atoms with Crippen LogP contribution in [0, 0.1) is 11.8 Å². The Morgan fingerprint density at radius 2 is 1.83 bits per heavy atom. The van der Waals surface area contributed by atoms with Crippen LogP contribution in [0.4, 0.5) is 0 Å². The molecule has 0 aromatic rings. The van der Waals surface area contributed by atoms with E-state index in [0.717, 1.165) is 17.9 Å². The van der Waals surface area contributed by atoms with E-state index in [1.807, 2.05) is 0 Å². The summed E-state index contributed by atoms with van der Waals surface area (Å²) in [7, 11) is 2.30. The highest BCUT2D eigenvalue weighted by Crippen LogP contribution is 2.26. The Kier molecular flexibility index (Phi) is 7.25. The largest absolute Gasteiger partial charge is 0.314 e. The lowest BCUT2D eigenvalue weighted by molar-refractivity contribution is 0.139. The number of nitrogens with one attached hydrogen (secondary N) is 1. The van der Waals surface area contributed by atoms with Crippen molar-refractivity contribution in [2.75, 3.05) is 20.1 Å². The molecule has 1 fully saturated rings. The van der Waals surface area contributed by atoms with Gasteiger partial charge in [-0.05, 0) is 51.6 Å². The van der Waals surface area contributed by atoms with Gasteiger partial charge < -0.3 is 10.2 Å². The second kappa shape index (κ2) is 8.16. The molecule has 1 aliphatic carbocycles. The molecule has 2 nitrogen and oxygen atoms in total. The maximum Gasteiger partial charge on any atom is 0.0107 e. The van der Waals surface area contributed by atoms with Crippen LogP contribution in [-0.4, -0.2) is 37.1 Å². The Labute approximate surface area is 115 Å². The summed E-state index contributed by atoms with van der Waals surface area (Å²) in [5.74, 6) is 1.61. The lowest BCUT2D eigenvalue weighted by Gasteiger charge is -2.37. The van der Waals surface area contributed by atoms with Crippen molar-refractivity contribution in [2.24, 2.45) is 11.8 Å². The highest BCUT2D eigenvalue weighted by atomic mass is 15.1. The Hall–Kier alpha value is -0.0800. The maximum absolute atomic E-state index is 3.77. The molecule has 0 aromatic carbocycles. The molecule has 3 atom stereocenters. The van der Waals surface area contributed by atoms with Crippen LogP contribution in [0.2, 0.25) is 0 Å². The molecule has 1 aliphatic rings. The van der Waals surface area contributed by atoms with E-state index in [1.54, 1.807) is 0 Å². The molecular formula is C16H34N2. The highest BCUT2D eigenvalue weighted by Gasteiger charge is 2.27. The second-order valence-electron chi connectivity index (χ2n) is 6.53. The van der Waals surface area contributed by atoms with Crippen molar-refractivity contribution in [3.63, 3.8) is 0 Å². The van der Waals surface area contributed by atoms with Gasteiger partial charge in [0.1, 0.15) is 0 Å². The molecule has 0 aromatic heterocycles. The predicted molar refractivity (Wildman–Crippen MR) is 81.0 cm³/mol. The van der Waals surface area contributed by atoms with Gasteiger partial charge in [0.2, 0.25) is 0 Å². The van der Waals surface area contributed by atoms with Gasteiger partial charge in [0, 0.05) is 18.6 Å². The zero-order valence-corrected chi connectivity index (χ0v) is 13.2. The molecule has 1 rings (SSSR count). The van der Waals surface area contributed by atoms with Crippen molar-refractivity contribution in [3.8, 4) is 0 Å². The summed E-state index contributed by atoms with van der Waals surface area (Å²) in [6, 6.07) is 1.46. The summed E-state index contributed by atoms with van der Waals surface area (Å²) in [4.78, 5) is 2.57. The summed E-state index contributed by atoms with van der Waals surface area (Å²) in [6.45, 7) is 11.7. The van der Waals surface area contributed by atoms with Crippen LogP contribution in [0.25, 0.3) is 0 Å². The molecule has 0 amide bonds. The standard InChI is InChI=1S/C16H34N2/c1-6-11-17-16-10-8-7-9-15(16)12-18(5)14(4)13(2)3/h13-17H,6-12H2,1-5H3. The molecule has 0 saturated heterocycles. The average Bonchev–Trinajstić information content (AvgIpc) is 2.36. The van der Waals surface area contributed by atoms with Crippen LogP contribution in [-0.2, 0) is 0 Å². The second-order valence-corrected chi connectivity index (χ2v) is 6.53. The summed E-state index contributed by atoms with van der Waals surface area (Å²) in [6.07, 6.45) is 6.90. The minimum Gasteiger partial charge on any atom is -0.314 e. The van der Waals surface area contributed by atoms with Gasteiger partial charge in [-0.25, -0.2) is 0 Å². The van der Waals surface area contributed by atoms with E-state index in [-0.39, 0.29) is 0 Å². The molecule has 0 bridgehead atoms. The summed E-state index contributed by atoms with van der Waals surface area (Å²) < 4.78 is 0. The molecule has 2 heteroatoms. The predicted octanol–water partition coefficient (Wildman–Crippen LogP) is 3.52. The topological polar surface area (TPSA) is 15.3 Å². The van der Waals surface area contributed by atoms with Crippen molar-refractivity contribution in [3.05, 3.63) is 0 Å². The summed E-state index contributed by atoms with van der Waals surface area (Å²) in [5, 5.41) is 3.77. The van der Waals surface area contributed by atoms with E-state index in [2.05, 4.69) is 45.0 Å². The quantitative estimate of drug-likeness (QED) is 0.748. The van der Waals surface area contributed by atoms with E-state index in [9.17, 15) is 0 Å². The number of rotatable bonds is 7. The fourth-order valence-electron chi connectivity index (χ4n) is 3.07. The molecule has 1 saturated carbocycles. The first kappa shape index (κ1) is 16.0. The number of hydrogen-bond acceptors (Lipinski definition) is 2. The molecule has 1 N–H and O–H groups in total. The fraction of sp³-hybridized carbons (Fsp3) is 1.00. The minimum absolute atomic E-state index is 0.693. The Balaban J connectivity index is 2.45. The molecule has 108 valence electrons. The smallest absolute Gasteiger partial charge is 0.0107 e. The Morgan fingerprint density at radius 3 is 2.44 bits per heavy atom. The molecule has 0 heterocycles. The van der Waals surface area contributed by atoms with Gasteiger partial charge in [-0.3, -0.25) is 0 Å². The van der Waals surface area contributed by atoms with Crippen LogP contribution < -0.4 is 5.32 Å². The van der Waals surface area contributed by atoms with Crippen LogP contribution in [0.3, 0.4) is 0 Å². The Morgan fingerprint density at radius 1 is 1.17 bits per heavy atom. The van der Waals surface area contributed by atoms with Crippen molar-refractivity contribution >= 4 is 0 Å². The van der Waals surface area contributed by atoms with Crippen molar-refractivity contribution in [1.29, 1.82) is 0 Å². The van der Waals surface area contributed by atoms with Crippen LogP contribution in [0.15, 0.2) is 0 Å². The first-order chi connectivity index (χ1) is 8.56. The number of hydrogen-bond donors (Lipinski definition) is 1. The third-order valence-electron chi connectivity index (χ3n) is 4.75. The van der Waals surface area contributed by atoms with Crippen LogP contribution in [0.5, 0.6) is 0 Å². The molecular weight excluding hydrogens is 220 g/mol. The Bertz CT molecular complexity index is 215. The molecule has 18 heavy (non-hydrogen) atoms. The average molecular weight is 254 g/mol. The first-order valence-corrected chi connectivity index (χ1v) is 7.99. The normalized spacial score (nSPS) is 26.8. The van der Waals surface area contributed by atoms with Crippen molar-refractivity contribution < 1.29 is 0 Å². The van der Waals surface area contributed by atoms with Crippen LogP contribution >= 0.6 is 0 Å². The van der Waals surface area contributed by atoms with E-state index >= 15 is 0 Å². The van der Waals surface area contributed by atoms with Gasteiger partial charge >= 0.3 is 0 Å². The monoisotopic (exact) mass is 254 g/mol. The SMILES string of the molecule is CCCNC1CCCCC1CN(C)C(C)C(C)C. The van der Waals surface area contributed by atoms with E-state index in [4.69, 9.17) is 0 Å². The molecule has 3 unspecified atom stereocenters. The zero-order chi connectivity index (χ0) is 13.5. The number of nitrogens with zero attached hydrogens (tertiary/aromatic N) is 1. The van der Waals surface area contributed by atoms with Gasteiger partial charge in [0.05, 0.1) is 0 Å². The van der Waals surface area contributed by atoms with Gasteiger partial charge in [-0.2, -0.15) is 0 Å². The molecule has 0 radical (unpaired) electrons. The lowest BCUT2D eigenvalue weighted by Crippen LogP contribution is -2.46. The van der Waals surface area contributed by atoms with Crippen molar-refractivity contribution in [2.45, 2.75) is 71.9 Å². The van der Waals surface area contributed by atoms with Gasteiger partial charge in [-0.15, -0.1) is 0 Å². The first-order valence-electron chi connectivity index (χ1n) is 7.99. The van der Waals surface area contributed by atoms with Gasteiger partial charge in [0.15, 0.2) is 0 Å². The highest BCUT2D eigenvalue weighted by molar-refractivity contribution is 4.84. The summed E-state index contributed by atoms with van der Waals surface area (Å²) in [5.41, 5.74) is 0. The van der Waals surface area contributed by atoms with Crippen LogP contribution in [0.1, 0.15) is 59.8 Å². The maximum atomic E-state index is 3.77. The van der Waals surface area contributed by atoms with Gasteiger partial charge in [0.25, 0.3) is 0 Å². The zero-order valence-electron chi connectivity index (χ0n) is 13.2. The molecule has 0 aliphatic heterocycles. The van der Waals surface area contributed by atoms with E-state index in [0.29, 0.717) is 6.04 Å².